The number of hydrogen-bond donors (Lipinski definition) is 1. The summed E-state index contributed by atoms with van der Waals surface area (Å²) in [7, 11) is 0. The highest BCUT2D eigenvalue weighted by Gasteiger charge is 2.28. The second-order valence-electron chi connectivity index (χ2n) is 5.12. The van der Waals surface area contributed by atoms with Gasteiger partial charge in [-0.3, -0.25) is 9.36 Å². The van der Waals surface area contributed by atoms with Crippen molar-refractivity contribution in [1.29, 1.82) is 0 Å². The van der Waals surface area contributed by atoms with Crippen molar-refractivity contribution < 1.29 is 14.3 Å². The molecule has 0 saturated carbocycles. The minimum Gasteiger partial charge on any atom is -0.463 e. The highest BCUT2D eigenvalue weighted by Crippen LogP contribution is 2.27. The Kier molecular flexibility index (Phi) is 4.39. The molecule has 2 N–H and O–H groups in total. The average Bonchev–Trinajstić information content (AvgIpc) is 2.84. The molecule has 1 aliphatic rings. The van der Waals surface area contributed by atoms with Gasteiger partial charge >= 0.3 is 11.7 Å². The fourth-order valence-corrected chi connectivity index (χ4v) is 2.00. The van der Waals surface area contributed by atoms with Gasteiger partial charge in [0.05, 0.1) is 12.0 Å². The van der Waals surface area contributed by atoms with Gasteiger partial charge in [0.2, 0.25) is 0 Å². The van der Waals surface area contributed by atoms with Crippen molar-refractivity contribution in [3.05, 3.63) is 22.7 Å². The molecule has 1 aromatic rings. The normalized spacial score (nSPS) is 22.1. The lowest BCUT2D eigenvalue weighted by Gasteiger charge is -2.16. The number of carbonyl (C=O) groups is 1. The van der Waals surface area contributed by atoms with Crippen molar-refractivity contribution >= 4 is 11.8 Å². The van der Waals surface area contributed by atoms with E-state index in [1.54, 1.807) is 26.1 Å². The van der Waals surface area contributed by atoms with Gasteiger partial charge in [0.1, 0.15) is 18.7 Å². The van der Waals surface area contributed by atoms with E-state index in [2.05, 4.69) is 4.98 Å². The maximum atomic E-state index is 11.7. The van der Waals surface area contributed by atoms with Gasteiger partial charge in [0.25, 0.3) is 0 Å². The lowest BCUT2D eigenvalue weighted by atomic mass is 10.2. The van der Waals surface area contributed by atoms with Gasteiger partial charge in [-0.2, -0.15) is 4.98 Å². The Bertz CT molecular complexity index is 541. The van der Waals surface area contributed by atoms with E-state index >= 15 is 0 Å². The molecule has 0 spiro atoms. The summed E-state index contributed by atoms with van der Waals surface area (Å²) in [5.41, 5.74) is 5.00. The molecule has 0 amide bonds. The zero-order chi connectivity index (χ0) is 14.7. The fraction of sp³-hybridized carbons (Fsp3) is 0.615. The summed E-state index contributed by atoms with van der Waals surface area (Å²) in [4.78, 5) is 26.7. The maximum absolute atomic E-state index is 11.7. The number of anilines is 1. The summed E-state index contributed by atoms with van der Waals surface area (Å²) in [5, 5.41) is 0. The highest BCUT2D eigenvalue weighted by atomic mass is 16.6. The molecule has 7 heteroatoms. The number of nitrogens with two attached hydrogens (primary N) is 1. The summed E-state index contributed by atoms with van der Waals surface area (Å²) in [6.07, 6.45) is 2.41. The first kappa shape index (κ1) is 14.5. The fourth-order valence-electron chi connectivity index (χ4n) is 2.00. The first-order valence-corrected chi connectivity index (χ1v) is 6.64. The number of carbonyl (C=O) groups excluding carboxylic acids is 1. The molecule has 0 bridgehead atoms. The highest BCUT2D eigenvalue weighted by molar-refractivity contribution is 5.71. The molecule has 110 valence electrons. The van der Waals surface area contributed by atoms with Crippen molar-refractivity contribution in [2.45, 2.75) is 39.0 Å². The Balaban J connectivity index is 1.92. The molecule has 20 heavy (non-hydrogen) atoms. The first-order valence-electron chi connectivity index (χ1n) is 6.64. The summed E-state index contributed by atoms with van der Waals surface area (Å²) in [6, 6.07) is 1.55. The second-order valence-corrected chi connectivity index (χ2v) is 5.12. The average molecular weight is 281 g/mol. The van der Waals surface area contributed by atoms with Crippen LogP contribution < -0.4 is 11.4 Å². The molecule has 1 fully saturated rings. The molecule has 0 aromatic carbocycles. The topological polar surface area (TPSA) is 96.4 Å². The predicted octanol–water partition coefficient (Wildman–Crippen LogP) is 0.702. The van der Waals surface area contributed by atoms with Crippen molar-refractivity contribution in [3.8, 4) is 0 Å². The number of aromatic nitrogens is 2. The van der Waals surface area contributed by atoms with Gasteiger partial charge in [-0.15, -0.1) is 0 Å². The van der Waals surface area contributed by atoms with Crippen LogP contribution in [0.3, 0.4) is 0 Å². The van der Waals surface area contributed by atoms with E-state index < -0.39 is 5.69 Å². The second kappa shape index (κ2) is 6.04. The number of nitrogens with zero attached hydrogens (tertiary/aromatic N) is 2. The van der Waals surface area contributed by atoms with Crippen LogP contribution in [-0.2, 0) is 14.3 Å². The van der Waals surface area contributed by atoms with Crippen molar-refractivity contribution in [2.24, 2.45) is 5.92 Å². The van der Waals surface area contributed by atoms with Gasteiger partial charge in [-0.25, -0.2) is 4.79 Å². The Hall–Kier alpha value is -1.89. The molecule has 7 nitrogen and oxygen atoms in total. The first-order chi connectivity index (χ1) is 9.47. The van der Waals surface area contributed by atoms with Gasteiger partial charge in [0.15, 0.2) is 0 Å². The summed E-state index contributed by atoms with van der Waals surface area (Å²) in [6.45, 7) is 3.77. The third kappa shape index (κ3) is 3.36. The van der Waals surface area contributed by atoms with E-state index in [0.29, 0.717) is 6.42 Å². The largest absolute Gasteiger partial charge is 0.463 e. The quantitative estimate of drug-likeness (QED) is 0.816. The van der Waals surface area contributed by atoms with E-state index in [0.717, 1.165) is 6.42 Å². The molecular weight excluding hydrogens is 262 g/mol. The number of ether oxygens (including phenoxy) is 2. The van der Waals surface area contributed by atoms with Gasteiger partial charge in [-0.05, 0) is 18.9 Å². The molecular formula is C13H19N3O4. The molecule has 0 radical (unpaired) electrons. The van der Waals surface area contributed by atoms with Crippen molar-refractivity contribution in [1.82, 2.24) is 9.55 Å². The Morgan fingerprint density at radius 1 is 1.60 bits per heavy atom. The third-order valence-corrected chi connectivity index (χ3v) is 3.13. The van der Waals surface area contributed by atoms with Crippen LogP contribution in [0.1, 0.15) is 32.9 Å². The molecule has 1 aliphatic heterocycles. The van der Waals surface area contributed by atoms with Gasteiger partial charge in [-0.1, -0.05) is 13.8 Å². The van der Waals surface area contributed by atoms with E-state index in [9.17, 15) is 9.59 Å². The Labute approximate surface area is 116 Å². The molecule has 2 rings (SSSR count). The SMILES string of the molecule is CC(C)C(=O)OCC1CCC(n2ccc(N)nc2=O)O1. The van der Waals surface area contributed by atoms with Crippen LogP contribution in [0.4, 0.5) is 5.82 Å². The van der Waals surface area contributed by atoms with E-state index in [-0.39, 0.29) is 36.6 Å². The van der Waals surface area contributed by atoms with Crippen LogP contribution >= 0.6 is 0 Å². The van der Waals surface area contributed by atoms with E-state index in [1.165, 1.54) is 4.57 Å². The standard InChI is InChI=1S/C13H19N3O4/c1-8(2)12(17)19-7-9-3-4-11(20-9)16-6-5-10(14)15-13(16)18/h5-6,8-9,11H,3-4,7H2,1-2H3,(H2,14,15,18). The monoisotopic (exact) mass is 281 g/mol. The van der Waals surface area contributed by atoms with Crippen LogP contribution in [0.5, 0.6) is 0 Å². The molecule has 1 aromatic heterocycles. The lowest BCUT2D eigenvalue weighted by Crippen LogP contribution is -2.28. The number of esters is 1. The van der Waals surface area contributed by atoms with Gasteiger partial charge < -0.3 is 15.2 Å². The zero-order valence-corrected chi connectivity index (χ0v) is 11.6. The third-order valence-electron chi connectivity index (χ3n) is 3.13. The number of rotatable bonds is 4. The van der Waals surface area contributed by atoms with E-state index in [1.807, 2.05) is 0 Å². The maximum Gasteiger partial charge on any atom is 0.351 e. The van der Waals surface area contributed by atoms with E-state index in [4.69, 9.17) is 15.2 Å². The van der Waals surface area contributed by atoms with Crippen molar-refractivity contribution in [2.75, 3.05) is 12.3 Å². The summed E-state index contributed by atoms with van der Waals surface area (Å²) in [5.74, 6) is -0.217. The molecule has 1 saturated heterocycles. The minimum atomic E-state index is -0.435. The summed E-state index contributed by atoms with van der Waals surface area (Å²) >= 11 is 0. The zero-order valence-electron chi connectivity index (χ0n) is 11.6. The smallest absolute Gasteiger partial charge is 0.351 e. The minimum absolute atomic E-state index is 0.156. The molecule has 0 aliphatic carbocycles. The predicted molar refractivity (Wildman–Crippen MR) is 71.9 cm³/mol. The number of nitrogen functional groups attached to an aromatic ring is 1. The Morgan fingerprint density at radius 2 is 2.35 bits per heavy atom. The van der Waals surface area contributed by atoms with Crippen molar-refractivity contribution in [3.63, 3.8) is 0 Å². The van der Waals surface area contributed by atoms with Crippen LogP contribution in [0.2, 0.25) is 0 Å². The molecule has 2 unspecified atom stereocenters. The lowest BCUT2D eigenvalue weighted by molar-refractivity contribution is -0.152. The van der Waals surface area contributed by atoms with Crippen LogP contribution in [0, 0.1) is 5.92 Å². The number of hydrogen-bond acceptors (Lipinski definition) is 6. The van der Waals surface area contributed by atoms with Crippen LogP contribution in [0.15, 0.2) is 17.1 Å². The van der Waals surface area contributed by atoms with Crippen LogP contribution in [-0.4, -0.2) is 28.2 Å². The Morgan fingerprint density at radius 3 is 3.00 bits per heavy atom. The molecule has 2 heterocycles. The molecule has 2 atom stereocenters. The summed E-state index contributed by atoms with van der Waals surface area (Å²) < 4.78 is 12.2. The van der Waals surface area contributed by atoms with Crippen LogP contribution in [0.25, 0.3) is 0 Å². The van der Waals surface area contributed by atoms with Gasteiger partial charge in [0, 0.05) is 6.20 Å².